The molecule has 4 heterocycles. The first-order valence-electron chi connectivity index (χ1n) is 7.96. The van der Waals surface area contributed by atoms with Crippen LogP contribution < -0.4 is 0 Å². The summed E-state index contributed by atoms with van der Waals surface area (Å²) in [6, 6.07) is 2.84. The van der Waals surface area contributed by atoms with Crippen molar-refractivity contribution >= 4 is 43.8 Å². The monoisotopic (exact) mass is 410 g/mol. The minimum atomic E-state index is -4.50. The Hall–Kier alpha value is -2.17. The second kappa shape index (κ2) is 6.47. The van der Waals surface area contributed by atoms with E-state index in [1.807, 2.05) is 11.4 Å². The molecule has 0 amide bonds. The summed E-state index contributed by atoms with van der Waals surface area (Å²) in [6.45, 7) is 1.80. The summed E-state index contributed by atoms with van der Waals surface area (Å²) in [5.74, 6) is 0.728. The molecule has 5 nitrogen and oxygen atoms in total. The van der Waals surface area contributed by atoms with Crippen molar-refractivity contribution in [3.63, 3.8) is 0 Å². The van der Waals surface area contributed by atoms with Crippen molar-refractivity contribution < 1.29 is 17.7 Å². The predicted molar refractivity (Wildman–Crippen MR) is 99.1 cm³/mol. The van der Waals surface area contributed by atoms with Crippen LogP contribution in [0.15, 0.2) is 34.8 Å². The van der Waals surface area contributed by atoms with E-state index in [0.29, 0.717) is 27.8 Å². The molecule has 0 bridgehead atoms. The number of rotatable bonds is 3. The van der Waals surface area contributed by atoms with Crippen molar-refractivity contribution in [2.75, 3.05) is 5.75 Å². The van der Waals surface area contributed by atoms with Crippen molar-refractivity contribution in [3.8, 4) is 11.5 Å². The van der Waals surface area contributed by atoms with Crippen LogP contribution in [-0.2, 0) is 24.4 Å². The van der Waals surface area contributed by atoms with Gasteiger partial charge in [-0.05, 0) is 35.6 Å². The van der Waals surface area contributed by atoms with E-state index in [-0.39, 0.29) is 5.52 Å². The summed E-state index contributed by atoms with van der Waals surface area (Å²) in [5.41, 5.74) is -0.0467. The van der Waals surface area contributed by atoms with Gasteiger partial charge in [-0.3, -0.25) is 0 Å². The molecule has 0 aliphatic rings. The Balaban J connectivity index is 1.98. The number of fused-ring (bicyclic) bond motifs is 2. The Bertz CT molecular complexity index is 1150. The molecule has 140 valence electrons. The molecule has 4 rings (SSSR count). The van der Waals surface area contributed by atoms with E-state index in [2.05, 4.69) is 15.0 Å². The maximum absolute atomic E-state index is 13.0. The van der Waals surface area contributed by atoms with Gasteiger partial charge in [-0.25, -0.2) is 15.0 Å². The minimum Gasteiger partial charge on any atom is -0.611 e. The van der Waals surface area contributed by atoms with E-state index in [4.69, 9.17) is 0 Å². The molecule has 0 saturated carbocycles. The van der Waals surface area contributed by atoms with Gasteiger partial charge in [0.2, 0.25) is 0 Å². The smallest absolute Gasteiger partial charge is 0.417 e. The molecular weight excluding hydrogens is 397 g/mol. The normalized spacial score (nSPS) is 13.6. The van der Waals surface area contributed by atoms with Gasteiger partial charge in [0.05, 0.1) is 15.6 Å². The quantitative estimate of drug-likeness (QED) is 0.470. The van der Waals surface area contributed by atoms with E-state index in [1.54, 1.807) is 24.7 Å². The first kappa shape index (κ1) is 18.2. The number of nitrogens with zero attached hydrogens (tertiary/aromatic N) is 4. The third-order valence-corrected chi connectivity index (χ3v) is 6.45. The maximum atomic E-state index is 13.0. The molecule has 0 fully saturated rings. The lowest BCUT2D eigenvalue weighted by Crippen LogP contribution is -2.09. The topological polar surface area (TPSA) is 66.7 Å². The molecule has 0 spiro atoms. The summed E-state index contributed by atoms with van der Waals surface area (Å²) >= 11 is 0.172. The van der Waals surface area contributed by atoms with Crippen LogP contribution in [0.2, 0.25) is 0 Å². The molecule has 4 aromatic rings. The van der Waals surface area contributed by atoms with Crippen molar-refractivity contribution in [1.82, 2.24) is 19.5 Å². The summed E-state index contributed by atoms with van der Waals surface area (Å²) in [5, 5.41) is 2.71. The second-order valence-electron chi connectivity index (χ2n) is 5.83. The summed E-state index contributed by atoms with van der Waals surface area (Å²) in [6.07, 6.45) is -2.05. The van der Waals surface area contributed by atoms with Crippen LogP contribution in [0.3, 0.4) is 0 Å². The third-order valence-electron chi connectivity index (χ3n) is 4.20. The van der Waals surface area contributed by atoms with Crippen LogP contribution in [0.4, 0.5) is 13.2 Å². The van der Waals surface area contributed by atoms with Gasteiger partial charge < -0.3 is 9.12 Å². The predicted octanol–water partition coefficient (Wildman–Crippen LogP) is 4.39. The highest BCUT2D eigenvalue weighted by Gasteiger charge is 2.32. The first-order chi connectivity index (χ1) is 12.8. The first-order valence-corrected chi connectivity index (χ1v) is 10.2. The van der Waals surface area contributed by atoms with E-state index >= 15 is 0 Å². The van der Waals surface area contributed by atoms with Gasteiger partial charge in [-0.2, -0.15) is 13.2 Å². The second-order valence-corrected chi connectivity index (χ2v) is 8.45. The molecule has 0 saturated heterocycles. The van der Waals surface area contributed by atoms with Gasteiger partial charge in [0.25, 0.3) is 0 Å². The zero-order chi connectivity index (χ0) is 19.3. The molecule has 1 atom stereocenters. The van der Waals surface area contributed by atoms with Crippen LogP contribution in [-0.4, -0.2) is 29.8 Å². The number of hydrogen-bond acceptors (Lipinski definition) is 5. The van der Waals surface area contributed by atoms with Crippen molar-refractivity contribution in [1.29, 1.82) is 0 Å². The van der Waals surface area contributed by atoms with E-state index in [0.717, 1.165) is 22.3 Å². The number of imidazole rings is 1. The number of pyridine rings is 2. The zero-order valence-corrected chi connectivity index (χ0v) is 15.9. The van der Waals surface area contributed by atoms with Crippen LogP contribution in [0.25, 0.3) is 32.8 Å². The molecule has 0 aliphatic carbocycles. The molecule has 0 N–H and O–H groups in total. The Morgan fingerprint density at radius 1 is 1.26 bits per heavy atom. The number of aromatic nitrogens is 4. The third kappa shape index (κ3) is 2.97. The van der Waals surface area contributed by atoms with Gasteiger partial charge in [0, 0.05) is 19.4 Å². The van der Waals surface area contributed by atoms with Gasteiger partial charge in [-0.15, -0.1) is 11.3 Å². The number of alkyl halides is 3. The number of hydrogen-bond donors (Lipinski definition) is 0. The van der Waals surface area contributed by atoms with Crippen molar-refractivity contribution in [3.05, 3.63) is 35.5 Å². The molecular formula is C17H13F3N4OS2. The average Bonchev–Trinajstić information content (AvgIpc) is 3.23. The molecule has 0 aliphatic heterocycles. The van der Waals surface area contributed by atoms with Gasteiger partial charge >= 0.3 is 6.18 Å². The largest absolute Gasteiger partial charge is 0.611 e. The van der Waals surface area contributed by atoms with Gasteiger partial charge in [0.15, 0.2) is 22.1 Å². The fourth-order valence-electron chi connectivity index (χ4n) is 2.89. The van der Waals surface area contributed by atoms with Crippen LogP contribution in [0.1, 0.15) is 12.5 Å². The molecule has 1 unspecified atom stereocenters. The molecule has 27 heavy (non-hydrogen) atoms. The lowest BCUT2D eigenvalue weighted by Gasteiger charge is -2.13. The van der Waals surface area contributed by atoms with Crippen molar-refractivity contribution in [2.24, 2.45) is 7.05 Å². The highest BCUT2D eigenvalue weighted by atomic mass is 32.2. The summed E-state index contributed by atoms with van der Waals surface area (Å²) < 4.78 is 54.1. The molecule has 10 heteroatoms. The zero-order valence-electron chi connectivity index (χ0n) is 14.2. The Morgan fingerprint density at radius 2 is 2.04 bits per heavy atom. The van der Waals surface area contributed by atoms with E-state index < -0.39 is 22.9 Å². The average molecular weight is 410 g/mol. The molecule has 0 aromatic carbocycles. The van der Waals surface area contributed by atoms with Gasteiger partial charge in [-0.1, -0.05) is 0 Å². The highest BCUT2D eigenvalue weighted by Crippen LogP contribution is 2.36. The lowest BCUT2D eigenvalue weighted by atomic mass is 10.2. The van der Waals surface area contributed by atoms with E-state index in [9.17, 15) is 17.7 Å². The Labute approximate surface area is 159 Å². The number of aryl methyl sites for hydroxylation is 1. The van der Waals surface area contributed by atoms with Crippen LogP contribution >= 0.6 is 11.3 Å². The number of thiophene rings is 1. The minimum absolute atomic E-state index is 0.114. The van der Waals surface area contributed by atoms with Crippen LogP contribution in [0.5, 0.6) is 0 Å². The fraction of sp³-hybridized carbons (Fsp3) is 0.235. The Morgan fingerprint density at radius 3 is 2.74 bits per heavy atom. The maximum Gasteiger partial charge on any atom is 0.417 e. The summed E-state index contributed by atoms with van der Waals surface area (Å²) in [4.78, 5) is 13.2. The van der Waals surface area contributed by atoms with Gasteiger partial charge in [0.1, 0.15) is 11.3 Å². The highest BCUT2D eigenvalue weighted by molar-refractivity contribution is 7.91. The molecule has 4 aromatic heterocycles. The molecule has 0 radical (unpaired) electrons. The SMILES string of the molecule is CC[S+]([O-])c1c(-c2nc3cc(C(F)(F)F)cnc3n2C)ncc2sccc12. The van der Waals surface area contributed by atoms with Crippen LogP contribution in [0, 0.1) is 0 Å². The number of halogens is 3. The summed E-state index contributed by atoms with van der Waals surface area (Å²) in [7, 11) is 1.66. The fourth-order valence-corrected chi connectivity index (χ4v) is 4.79. The van der Waals surface area contributed by atoms with Crippen molar-refractivity contribution in [2.45, 2.75) is 18.0 Å². The Kier molecular flexibility index (Phi) is 4.36. The standard InChI is InChI=1S/C17H13F3N4OS2/c1-3-27(25)14-10-4-5-26-12(10)8-21-13(14)16-23-11-6-9(17(18,19)20)7-22-15(11)24(16)2/h4-8H,3H2,1-2H3. The van der Waals surface area contributed by atoms with E-state index in [1.165, 1.54) is 11.3 Å². The lowest BCUT2D eigenvalue weighted by molar-refractivity contribution is -0.137.